The van der Waals surface area contributed by atoms with Crippen LogP contribution in [0.1, 0.15) is 50.0 Å². The first-order chi connectivity index (χ1) is 10.2. The number of hydrogen-bond acceptors (Lipinski definition) is 3. The predicted molar refractivity (Wildman–Crippen MR) is 84.3 cm³/mol. The van der Waals surface area contributed by atoms with E-state index in [0.29, 0.717) is 11.6 Å². The van der Waals surface area contributed by atoms with Crippen molar-refractivity contribution in [2.24, 2.45) is 17.8 Å². The number of nitrogens with zero attached hydrogens (tertiary/aromatic N) is 1. The van der Waals surface area contributed by atoms with E-state index in [0.717, 1.165) is 24.1 Å². The summed E-state index contributed by atoms with van der Waals surface area (Å²) >= 11 is 0. The molecule has 2 fully saturated rings. The molecule has 1 heterocycles. The smallest absolute Gasteiger partial charge is 0.270 e. The lowest BCUT2D eigenvalue weighted by Gasteiger charge is -2.28. The van der Waals surface area contributed by atoms with Crippen molar-refractivity contribution in [2.75, 3.05) is 11.9 Å². The van der Waals surface area contributed by atoms with Crippen molar-refractivity contribution in [1.29, 1.82) is 0 Å². The van der Waals surface area contributed by atoms with Gasteiger partial charge in [-0.1, -0.05) is 6.42 Å². The minimum Gasteiger partial charge on any atom is -0.384 e. The Morgan fingerprint density at radius 1 is 1.38 bits per heavy atom. The number of fused-ring (bicyclic) bond motifs is 2. The highest BCUT2D eigenvalue weighted by atomic mass is 16.1. The highest BCUT2D eigenvalue weighted by molar-refractivity contribution is 5.92. The third-order valence-corrected chi connectivity index (χ3v) is 5.17. The number of nitrogens with one attached hydrogen (secondary N) is 2. The molecule has 21 heavy (non-hydrogen) atoms. The van der Waals surface area contributed by atoms with Crippen LogP contribution in [0.15, 0.2) is 18.3 Å². The average Bonchev–Trinajstić information content (AvgIpc) is 3.11. The molecule has 114 valence electrons. The van der Waals surface area contributed by atoms with Gasteiger partial charge in [-0.3, -0.25) is 4.79 Å². The molecule has 4 heteroatoms. The average molecular weight is 287 g/mol. The molecule has 2 N–H and O–H groups in total. The maximum Gasteiger partial charge on any atom is 0.270 e. The molecule has 3 rings (SSSR count). The molecule has 2 saturated carbocycles. The van der Waals surface area contributed by atoms with E-state index in [9.17, 15) is 4.79 Å². The van der Waals surface area contributed by atoms with E-state index in [1.54, 1.807) is 12.3 Å². The summed E-state index contributed by atoms with van der Waals surface area (Å²) in [5.74, 6) is 2.35. The van der Waals surface area contributed by atoms with Crippen molar-refractivity contribution in [3.63, 3.8) is 0 Å². The van der Waals surface area contributed by atoms with Crippen LogP contribution in [0.4, 0.5) is 5.69 Å². The Bertz CT molecular complexity index is 499. The van der Waals surface area contributed by atoms with Crippen molar-refractivity contribution in [1.82, 2.24) is 10.3 Å². The molecule has 2 aliphatic carbocycles. The largest absolute Gasteiger partial charge is 0.384 e. The second-order valence-electron chi connectivity index (χ2n) is 6.56. The maximum absolute atomic E-state index is 12.3. The molecule has 0 radical (unpaired) electrons. The molecule has 4 nitrogen and oxygen atoms in total. The van der Waals surface area contributed by atoms with Gasteiger partial charge in [-0.25, -0.2) is 4.98 Å². The van der Waals surface area contributed by atoms with Gasteiger partial charge in [-0.2, -0.15) is 0 Å². The Morgan fingerprint density at radius 2 is 2.24 bits per heavy atom. The summed E-state index contributed by atoms with van der Waals surface area (Å²) in [5, 5.41) is 6.34. The van der Waals surface area contributed by atoms with Gasteiger partial charge < -0.3 is 10.6 Å². The van der Waals surface area contributed by atoms with E-state index < -0.39 is 0 Å². The minimum absolute atomic E-state index is 0.0479. The van der Waals surface area contributed by atoms with E-state index in [1.165, 1.54) is 25.7 Å². The van der Waals surface area contributed by atoms with Crippen LogP contribution >= 0.6 is 0 Å². The van der Waals surface area contributed by atoms with Crippen LogP contribution in [0.2, 0.25) is 0 Å². The van der Waals surface area contributed by atoms with Crippen molar-refractivity contribution in [3.05, 3.63) is 24.0 Å². The van der Waals surface area contributed by atoms with Gasteiger partial charge in [0.05, 0.1) is 11.9 Å². The second-order valence-corrected chi connectivity index (χ2v) is 6.56. The second kappa shape index (κ2) is 6.04. The molecule has 0 spiro atoms. The third kappa shape index (κ3) is 3.04. The molecule has 1 aromatic rings. The van der Waals surface area contributed by atoms with E-state index in [1.807, 2.05) is 13.0 Å². The summed E-state index contributed by atoms with van der Waals surface area (Å²) in [6.45, 7) is 5.04. The third-order valence-electron chi connectivity index (χ3n) is 5.17. The fourth-order valence-corrected chi connectivity index (χ4v) is 4.13. The summed E-state index contributed by atoms with van der Waals surface area (Å²) in [4.78, 5) is 16.5. The SMILES string of the molecule is CCNc1ccc(C(=O)NC(C)C2CC3CCC2C3)nc1. The maximum atomic E-state index is 12.3. The predicted octanol–water partition coefficient (Wildman–Crippen LogP) is 3.07. The standard InChI is InChI=1S/C17H25N3O/c1-3-18-14-6-7-16(19-10-14)17(21)20-11(2)15-9-12-4-5-13(15)8-12/h6-7,10-13,15,18H,3-5,8-9H2,1-2H3,(H,20,21). The van der Waals surface area contributed by atoms with Crippen molar-refractivity contribution >= 4 is 11.6 Å². The normalized spacial score (nSPS) is 28.4. The molecule has 0 aromatic carbocycles. The van der Waals surface area contributed by atoms with Crippen LogP contribution in [0, 0.1) is 17.8 Å². The molecule has 0 aliphatic heterocycles. The molecule has 2 aliphatic rings. The lowest BCUT2D eigenvalue weighted by Crippen LogP contribution is -2.40. The summed E-state index contributed by atoms with van der Waals surface area (Å²) in [7, 11) is 0. The van der Waals surface area contributed by atoms with Crippen molar-refractivity contribution in [3.8, 4) is 0 Å². The first-order valence-corrected chi connectivity index (χ1v) is 8.18. The highest BCUT2D eigenvalue weighted by Crippen LogP contribution is 2.49. The molecule has 0 saturated heterocycles. The number of carbonyl (C=O) groups excluding carboxylic acids is 1. The Balaban J connectivity index is 1.58. The topological polar surface area (TPSA) is 54.0 Å². The van der Waals surface area contributed by atoms with Crippen LogP contribution in [0.25, 0.3) is 0 Å². The monoisotopic (exact) mass is 287 g/mol. The molecular formula is C17H25N3O. The first-order valence-electron chi connectivity index (χ1n) is 8.18. The van der Waals surface area contributed by atoms with Gasteiger partial charge in [0.2, 0.25) is 0 Å². The lowest BCUT2D eigenvalue weighted by atomic mass is 9.84. The highest BCUT2D eigenvalue weighted by Gasteiger charge is 2.42. The molecule has 1 amide bonds. The summed E-state index contributed by atoms with van der Waals surface area (Å²) in [6, 6.07) is 3.96. The molecule has 4 atom stereocenters. The van der Waals surface area contributed by atoms with E-state index in [2.05, 4.69) is 22.5 Å². The Morgan fingerprint density at radius 3 is 2.81 bits per heavy atom. The van der Waals surface area contributed by atoms with Crippen molar-refractivity contribution < 1.29 is 4.79 Å². The molecule has 4 unspecified atom stereocenters. The summed E-state index contributed by atoms with van der Waals surface area (Å²) in [5.41, 5.74) is 1.46. The number of amides is 1. The fourth-order valence-electron chi connectivity index (χ4n) is 4.13. The zero-order valence-corrected chi connectivity index (χ0v) is 12.9. The number of aromatic nitrogens is 1. The number of anilines is 1. The van der Waals surface area contributed by atoms with Gasteiger partial charge >= 0.3 is 0 Å². The van der Waals surface area contributed by atoms with Crippen LogP contribution < -0.4 is 10.6 Å². The van der Waals surface area contributed by atoms with Gasteiger partial charge in [-0.15, -0.1) is 0 Å². The van der Waals surface area contributed by atoms with Gasteiger partial charge in [0.25, 0.3) is 5.91 Å². The summed E-state index contributed by atoms with van der Waals surface area (Å²) in [6.07, 6.45) is 7.14. The number of pyridine rings is 1. The Labute approximate surface area is 126 Å². The van der Waals surface area contributed by atoms with E-state index in [4.69, 9.17) is 0 Å². The quantitative estimate of drug-likeness (QED) is 0.875. The van der Waals surface area contributed by atoms with Crippen LogP contribution in [0.5, 0.6) is 0 Å². The zero-order chi connectivity index (χ0) is 14.8. The zero-order valence-electron chi connectivity index (χ0n) is 12.9. The summed E-state index contributed by atoms with van der Waals surface area (Å²) < 4.78 is 0. The Hall–Kier alpha value is -1.58. The number of rotatable bonds is 5. The van der Waals surface area contributed by atoms with E-state index in [-0.39, 0.29) is 11.9 Å². The van der Waals surface area contributed by atoms with E-state index >= 15 is 0 Å². The number of carbonyl (C=O) groups is 1. The fraction of sp³-hybridized carbons (Fsp3) is 0.647. The van der Waals surface area contributed by atoms with Crippen LogP contribution in [0.3, 0.4) is 0 Å². The Kier molecular flexibility index (Phi) is 4.13. The molecule has 2 bridgehead atoms. The number of hydrogen-bond donors (Lipinski definition) is 2. The van der Waals surface area contributed by atoms with Crippen LogP contribution in [-0.2, 0) is 0 Å². The minimum atomic E-state index is -0.0479. The van der Waals surface area contributed by atoms with Gasteiger partial charge in [0.15, 0.2) is 0 Å². The van der Waals surface area contributed by atoms with Gasteiger partial charge in [-0.05, 0) is 63.0 Å². The van der Waals surface area contributed by atoms with Gasteiger partial charge in [0, 0.05) is 12.6 Å². The molecular weight excluding hydrogens is 262 g/mol. The van der Waals surface area contributed by atoms with Crippen molar-refractivity contribution in [2.45, 2.75) is 45.6 Å². The first kappa shape index (κ1) is 14.4. The van der Waals surface area contributed by atoms with Gasteiger partial charge in [0.1, 0.15) is 5.69 Å². The van der Waals surface area contributed by atoms with Crippen LogP contribution in [-0.4, -0.2) is 23.5 Å². The molecule has 1 aromatic heterocycles. The lowest BCUT2D eigenvalue weighted by molar-refractivity contribution is 0.0910.